The molecule has 0 aliphatic heterocycles. The number of fused-ring (bicyclic) bond motifs is 1. The Morgan fingerprint density at radius 3 is 2.48 bits per heavy atom. The largest absolute Gasteiger partial charge is 0.381 e. The Bertz CT molecular complexity index is 956. The molecule has 0 radical (unpaired) electrons. The van der Waals surface area contributed by atoms with Crippen LogP contribution < -0.4 is 5.32 Å². The van der Waals surface area contributed by atoms with Crippen LogP contribution in [0, 0.1) is 0 Å². The van der Waals surface area contributed by atoms with Crippen LogP contribution in [0.15, 0.2) is 76.8 Å². The van der Waals surface area contributed by atoms with E-state index in [1.807, 2.05) is 0 Å². The van der Waals surface area contributed by atoms with E-state index >= 15 is 0 Å². The molecule has 0 spiro atoms. The van der Waals surface area contributed by atoms with Gasteiger partial charge in [0.05, 0.1) is 0 Å². The van der Waals surface area contributed by atoms with E-state index in [0.29, 0.717) is 0 Å². The van der Waals surface area contributed by atoms with E-state index in [-0.39, 0.29) is 0 Å². The van der Waals surface area contributed by atoms with Crippen LogP contribution in [0.25, 0.3) is 17.2 Å². The molecule has 1 aliphatic carbocycles. The summed E-state index contributed by atoms with van der Waals surface area (Å²) in [4.78, 5) is 0. The van der Waals surface area contributed by atoms with Gasteiger partial charge >= 0.3 is 0 Å². The molecule has 1 aliphatic rings. The summed E-state index contributed by atoms with van der Waals surface area (Å²) in [7, 11) is 0. The van der Waals surface area contributed by atoms with Crippen molar-refractivity contribution in [3.05, 3.63) is 93.5 Å². The van der Waals surface area contributed by atoms with Gasteiger partial charge in [0.1, 0.15) is 0 Å². The lowest BCUT2D eigenvalue weighted by Gasteiger charge is -2.15. The monoisotopic (exact) mass is 389 g/mol. The third kappa shape index (κ3) is 3.27. The van der Waals surface area contributed by atoms with Crippen molar-refractivity contribution in [2.24, 2.45) is 0 Å². The quantitative estimate of drug-likeness (QED) is 0.523. The van der Waals surface area contributed by atoms with Crippen LogP contribution >= 0.6 is 15.9 Å². The second-order valence-corrected chi connectivity index (χ2v) is 7.39. The summed E-state index contributed by atoms with van der Waals surface area (Å²) >= 11 is 3.68. The van der Waals surface area contributed by atoms with Crippen LogP contribution in [0.5, 0.6) is 0 Å². The Labute approximate surface area is 157 Å². The number of hydrogen-bond donors (Lipinski definition) is 1. The standard InChI is InChI=1S/C23H20BrN/c1-16-13-17-8-6-12-23(21(17)14-16)25-15-18-7-2-3-9-19(18)20-10-4-5-11-22(20)24/h2-13,25H,14-15H2,1H3. The summed E-state index contributed by atoms with van der Waals surface area (Å²) in [5, 5.41) is 3.66. The van der Waals surface area contributed by atoms with E-state index in [1.165, 1.54) is 39.1 Å². The molecule has 0 aromatic heterocycles. The molecule has 3 aromatic carbocycles. The second kappa shape index (κ2) is 6.89. The molecule has 25 heavy (non-hydrogen) atoms. The smallest absolute Gasteiger partial charge is 0.0407 e. The summed E-state index contributed by atoms with van der Waals surface area (Å²) in [5.74, 6) is 0. The van der Waals surface area contributed by atoms with Gasteiger partial charge in [0.15, 0.2) is 0 Å². The third-order valence-corrected chi connectivity index (χ3v) is 5.41. The van der Waals surface area contributed by atoms with Gasteiger partial charge in [-0.2, -0.15) is 0 Å². The highest BCUT2D eigenvalue weighted by molar-refractivity contribution is 9.10. The summed E-state index contributed by atoms with van der Waals surface area (Å²) < 4.78 is 1.13. The number of halogens is 1. The van der Waals surface area contributed by atoms with Crippen molar-refractivity contribution in [2.75, 3.05) is 5.32 Å². The number of nitrogens with one attached hydrogen (secondary N) is 1. The maximum atomic E-state index is 3.68. The first-order chi connectivity index (χ1) is 12.2. The average molecular weight is 390 g/mol. The Morgan fingerprint density at radius 1 is 0.880 bits per heavy atom. The fourth-order valence-corrected chi connectivity index (χ4v) is 4.00. The Balaban J connectivity index is 1.62. The number of allylic oxidation sites excluding steroid dienone is 1. The molecule has 0 fully saturated rings. The minimum atomic E-state index is 0.813. The molecule has 0 atom stereocenters. The van der Waals surface area contributed by atoms with Crippen LogP contribution in [0.1, 0.15) is 23.6 Å². The van der Waals surface area contributed by atoms with Crippen molar-refractivity contribution in [1.82, 2.24) is 0 Å². The van der Waals surface area contributed by atoms with Crippen LogP contribution in [-0.4, -0.2) is 0 Å². The first-order valence-corrected chi connectivity index (χ1v) is 9.37. The molecular weight excluding hydrogens is 370 g/mol. The number of hydrogen-bond acceptors (Lipinski definition) is 1. The molecule has 0 amide bonds. The van der Waals surface area contributed by atoms with Crippen LogP contribution in [0.4, 0.5) is 5.69 Å². The number of benzene rings is 3. The lowest BCUT2D eigenvalue weighted by molar-refractivity contribution is 1.12. The second-order valence-electron chi connectivity index (χ2n) is 6.53. The normalized spacial score (nSPS) is 12.6. The zero-order valence-corrected chi connectivity index (χ0v) is 15.8. The lowest BCUT2D eigenvalue weighted by atomic mass is 9.99. The zero-order valence-electron chi connectivity index (χ0n) is 14.2. The third-order valence-electron chi connectivity index (χ3n) is 4.72. The fourth-order valence-electron chi connectivity index (χ4n) is 3.51. The van der Waals surface area contributed by atoms with Crippen LogP contribution in [0.3, 0.4) is 0 Å². The van der Waals surface area contributed by atoms with Gasteiger partial charge in [-0.05, 0) is 53.3 Å². The highest BCUT2D eigenvalue weighted by Gasteiger charge is 2.14. The topological polar surface area (TPSA) is 12.0 Å². The average Bonchev–Trinajstić information content (AvgIpc) is 3.01. The molecule has 0 unspecified atom stereocenters. The molecule has 2 heteroatoms. The van der Waals surface area contributed by atoms with Gasteiger partial charge < -0.3 is 5.32 Å². The van der Waals surface area contributed by atoms with Crippen molar-refractivity contribution in [1.29, 1.82) is 0 Å². The Kier molecular flexibility index (Phi) is 4.46. The summed E-state index contributed by atoms with van der Waals surface area (Å²) in [5.41, 5.74) is 9.24. The van der Waals surface area contributed by atoms with E-state index in [0.717, 1.165) is 17.4 Å². The Morgan fingerprint density at radius 2 is 1.64 bits per heavy atom. The van der Waals surface area contributed by atoms with Gasteiger partial charge in [-0.15, -0.1) is 0 Å². The molecule has 0 heterocycles. The molecule has 124 valence electrons. The van der Waals surface area contributed by atoms with E-state index in [2.05, 4.69) is 101 Å². The summed E-state index contributed by atoms with van der Waals surface area (Å²) in [6, 6.07) is 23.5. The molecular formula is C23H20BrN. The molecule has 1 N–H and O–H groups in total. The summed E-state index contributed by atoms with van der Waals surface area (Å²) in [6.45, 7) is 3.01. The molecule has 1 nitrogen and oxygen atoms in total. The van der Waals surface area contributed by atoms with Crippen molar-refractivity contribution in [3.8, 4) is 11.1 Å². The van der Waals surface area contributed by atoms with E-state index in [9.17, 15) is 0 Å². The number of rotatable bonds is 4. The van der Waals surface area contributed by atoms with Gasteiger partial charge in [0.25, 0.3) is 0 Å². The van der Waals surface area contributed by atoms with Gasteiger partial charge in [0, 0.05) is 16.7 Å². The van der Waals surface area contributed by atoms with Gasteiger partial charge in [0.2, 0.25) is 0 Å². The van der Waals surface area contributed by atoms with E-state index in [1.54, 1.807) is 0 Å². The highest BCUT2D eigenvalue weighted by atomic mass is 79.9. The van der Waals surface area contributed by atoms with Crippen LogP contribution in [0.2, 0.25) is 0 Å². The Hall–Kier alpha value is -2.32. The van der Waals surface area contributed by atoms with E-state index in [4.69, 9.17) is 0 Å². The maximum Gasteiger partial charge on any atom is 0.0407 e. The van der Waals surface area contributed by atoms with Gasteiger partial charge in [-0.3, -0.25) is 0 Å². The summed E-state index contributed by atoms with van der Waals surface area (Å²) in [6.07, 6.45) is 3.33. The predicted octanol–water partition coefficient (Wildman–Crippen LogP) is 6.69. The van der Waals surface area contributed by atoms with Gasteiger partial charge in [-0.25, -0.2) is 0 Å². The minimum Gasteiger partial charge on any atom is -0.381 e. The molecule has 0 saturated carbocycles. The van der Waals surface area contributed by atoms with E-state index < -0.39 is 0 Å². The molecule has 0 saturated heterocycles. The maximum absolute atomic E-state index is 3.68. The predicted molar refractivity (Wildman–Crippen MR) is 111 cm³/mol. The van der Waals surface area contributed by atoms with Crippen molar-refractivity contribution in [2.45, 2.75) is 19.9 Å². The molecule has 3 aromatic rings. The molecule has 0 bridgehead atoms. The van der Waals surface area contributed by atoms with Crippen LogP contribution in [-0.2, 0) is 13.0 Å². The van der Waals surface area contributed by atoms with Crippen molar-refractivity contribution in [3.63, 3.8) is 0 Å². The lowest BCUT2D eigenvalue weighted by Crippen LogP contribution is -2.04. The molecule has 4 rings (SSSR count). The zero-order chi connectivity index (χ0) is 17.2. The SMILES string of the molecule is CC1=Cc2cccc(NCc3ccccc3-c3ccccc3Br)c2C1. The van der Waals surface area contributed by atoms with Crippen molar-refractivity contribution >= 4 is 27.7 Å². The minimum absolute atomic E-state index is 0.813. The first-order valence-electron chi connectivity index (χ1n) is 8.58. The fraction of sp³-hybridized carbons (Fsp3) is 0.130. The number of anilines is 1. The highest BCUT2D eigenvalue weighted by Crippen LogP contribution is 2.33. The van der Waals surface area contributed by atoms with Gasteiger partial charge in [-0.1, -0.05) is 82.2 Å². The first kappa shape index (κ1) is 16.2. The van der Waals surface area contributed by atoms with Crippen molar-refractivity contribution < 1.29 is 0 Å².